The molecule has 0 atom stereocenters. The largest absolute Gasteiger partial charge is 0.481 e. The third-order valence-corrected chi connectivity index (χ3v) is 2.85. The summed E-state index contributed by atoms with van der Waals surface area (Å²) in [5, 5.41) is 11.5. The van der Waals surface area contributed by atoms with Gasteiger partial charge in [0.05, 0.1) is 12.0 Å². The molecule has 90 valence electrons. The Balaban J connectivity index is 2.14. The number of anilines is 1. The number of carbonyl (C=O) groups excluding carboxylic acids is 1. The number of carboxylic acids is 1. The van der Waals surface area contributed by atoms with E-state index in [9.17, 15) is 9.59 Å². The molecule has 0 spiro atoms. The molecule has 1 fully saturated rings. The molecule has 0 unspecified atom stereocenters. The zero-order valence-electron chi connectivity index (χ0n) is 9.27. The smallest absolute Gasteiger partial charge is 0.307 e. The van der Waals surface area contributed by atoms with Crippen LogP contribution >= 0.6 is 0 Å². The van der Waals surface area contributed by atoms with Crippen LogP contribution in [0.2, 0.25) is 0 Å². The maximum Gasteiger partial charge on any atom is 0.307 e. The van der Waals surface area contributed by atoms with Gasteiger partial charge in [0.15, 0.2) is 0 Å². The van der Waals surface area contributed by atoms with Crippen LogP contribution in [-0.4, -0.2) is 22.5 Å². The van der Waals surface area contributed by atoms with Gasteiger partial charge in [-0.25, -0.2) is 0 Å². The van der Waals surface area contributed by atoms with E-state index in [1.54, 1.807) is 24.3 Å². The van der Waals surface area contributed by atoms with Crippen molar-refractivity contribution in [2.24, 2.45) is 5.73 Å². The SMILES string of the molecule is NC1(C(=O)Nc2ccccc2CC(=O)O)CC1. The molecule has 17 heavy (non-hydrogen) atoms. The Morgan fingerprint density at radius 2 is 2.00 bits per heavy atom. The van der Waals surface area contributed by atoms with Gasteiger partial charge in [0.2, 0.25) is 5.91 Å². The van der Waals surface area contributed by atoms with Gasteiger partial charge in [-0.3, -0.25) is 9.59 Å². The van der Waals surface area contributed by atoms with Crippen LogP contribution in [0.3, 0.4) is 0 Å². The van der Waals surface area contributed by atoms with Crippen LogP contribution in [0.15, 0.2) is 24.3 Å². The molecule has 0 aliphatic heterocycles. The van der Waals surface area contributed by atoms with Crippen molar-refractivity contribution in [2.45, 2.75) is 24.8 Å². The van der Waals surface area contributed by atoms with E-state index in [2.05, 4.69) is 5.32 Å². The van der Waals surface area contributed by atoms with E-state index < -0.39 is 11.5 Å². The summed E-state index contributed by atoms with van der Waals surface area (Å²) in [6.45, 7) is 0. The highest BCUT2D eigenvalue weighted by atomic mass is 16.4. The van der Waals surface area contributed by atoms with E-state index in [0.717, 1.165) is 0 Å². The van der Waals surface area contributed by atoms with Crippen molar-refractivity contribution in [3.8, 4) is 0 Å². The van der Waals surface area contributed by atoms with Gasteiger partial charge in [-0.2, -0.15) is 0 Å². The Labute approximate surface area is 98.6 Å². The standard InChI is InChI=1S/C12H14N2O3/c13-12(5-6-12)11(17)14-9-4-2-1-3-8(9)7-10(15)16/h1-4H,5-7,13H2,(H,14,17)(H,15,16). The van der Waals surface area contributed by atoms with Gasteiger partial charge in [0.1, 0.15) is 0 Å². The van der Waals surface area contributed by atoms with Gasteiger partial charge in [-0.15, -0.1) is 0 Å². The Bertz CT molecular complexity index is 467. The number of hydrogen-bond acceptors (Lipinski definition) is 3. The van der Waals surface area contributed by atoms with E-state index in [-0.39, 0.29) is 12.3 Å². The van der Waals surface area contributed by atoms with Crippen molar-refractivity contribution in [1.82, 2.24) is 0 Å². The molecule has 1 aliphatic carbocycles. The summed E-state index contributed by atoms with van der Waals surface area (Å²) in [5.41, 5.74) is 6.11. The maximum absolute atomic E-state index is 11.8. The number of hydrogen-bond donors (Lipinski definition) is 3. The molecule has 0 aromatic heterocycles. The van der Waals surface area contributed by atoms with Crippen molar-refractivity contribution < 1.29 is 14.7 Å². The van der Waals surface area contributed by atoms with Crippen LogP contribution in [0.5, 0.6) is 0 Å². The predicted octanol–water partition coefficient (Wildman–Crippen LogP) is 0.743. The Hall–Kier alpha value is -1.88. The Morgan fingerprint density at radius 3 is 2.59 bits per heavy atom. The molecule has 2 rings (SSSR count). The first-order valence-corrected chi connectivity index (χ1v) is 5.41. The summed E-state index contributed by atoms with van der Waals surface area (Å²) < 4.78 is 0. The fourth-order valence-corrected chi connectivity index (χ4v) is 1.57. The minimum atomic E-state index is -0.930. The lowest BCUT2D eigenvalue weighted by atomic mass is 10.1. The molecule has 4 N–H and O–H groups in total. The van der Waals surface area contributed by atoms with Crippen LogP contribution in [-0.2, 0) is 16.0 Å². The van der Waals surface area contributed by atoms with Crippen LogP contribution < -0.4 is 11.1 Å². The fourth-order valence-electron chi connectivity index (χ4n) is 1.57. The molecule has 0 saturated heterocycles. The molecule has 1 aliphatic rings. The topological polar surface area (TPSA) is 92.4 Å². The molecule has 5 nitrogen and oxygen atoms in total. The lowest BCUT2D eigenvalue weighted by Gasteiger charge is -2.12. The highest BCUT2D eigenvalue weighted by Gasteiger charge is 2.46. The Morgan fingerprint density at radius 1 is 1.35 bits per heavy atom. The van der Waals surface area contributed by atoms with Gasteiger partial charge in [0, 0.05) is 5.69 Å². The summed E-state index contributed by atoms with van der Waals surface area (Å²) in [5.74, 6) is -1.17. The monoisotopic (exact) mass is 234 g/mol. The summed E-state index contributed by atoms with van der Waals surface area (Å²) in [7, 11) is 0. The molecule has 1 aromatic carbocycles. The highest BCUT2D eigenvalue weighted by molar-refractivity contribution is 6.00. The lowest BCUT2D eigenvalue weighted by Crippen LogP contribution is -2.38. The van der Waals surface area contributed by atoms with Crippen molar-refractivity contribution in [2.75, 3.05) is 5.32 Å². The van der Waals surface area contributed by atoms with Gasteiger partial charge < -0.3 is 16.2 Å². The molecule has 1 amide bonds. The molecule has 5 heteroatoms. The first-order valence-electron chi connectivity index (χ1n) is 5.41. The third-order valence-electron chi connectivity index (χ3n) is 2.85. The number of benzene rings is 1. The van der Waals surface area contributed by atoms with E-state index in [1.807, 2.05) is 0 Å². The van der Waals surface area contributed by atoms with Crippen molar-refractivity contribution in [3.05, 3.63) is 29.8 Å². The average Bonchev–Trinajstić information content (AvgIpc) is 3.00. The van der Waals surface area contributed by atoms with Crippen LogP contribution in [0.25, 0.3) is 0 Å². The molecule has 0 bridgehead atoms. The average molecular weight is 234 g/mol. The van der Waals surface area contributed by atoms with Gasteiger partial charge in [-0.1, -0.05) is 18.2 Å². The summed E-state index contributed by atoms with van der Waals surface area (Å²) in [6, 6.07) is 6.85. The van der Waals surface area contributed by atoms with E-state index in [1.165, 1.54) is 0 Å². The summed E-state index contributed by atoms with van der Waals surface area (Å²) in [4.78, 5) is 22.4. The van der Waals surface area contributed by atoms with Gasteiger partial charge in [0.25, 0.3) is 0 Å². The first kappa shape index (κ1) is 11.6. The van der Waals surface area contributed by atoms with Crippen LogP contribution in [0.4, 0.5) is 5.69 Å². The Kier molecular flexibility index (Phi) is 2.85. The maximum atomic E-state index is 11.8. The van der Waals surface area contributed by atoms with Crippen molar-refractivity contribution in [1.29, 1.82) is 0 Å². The number of para-hydroxylation sites is 1. The number of carboxylic acid groups (broad SMARTS) is 1. The molecule has 1 saturated carbocycles. The molecular formula is C12H14N2O3. The van der Waals surface area contributed by atoms with E-state index >= 15 is 0 Å². The zero-order valence-corrected chi connectivity index (χ0v) is 9.27. The van der Waals surface area contributed by atoms with E-state index in [0.29, 0.717) is 24.1 Å². The highest BCUT2D eigenvalue weighted by Crippen LogP contribution is 2.33. The minimum Gasteiger partial charge on any atom is -0.481 e. The predicted molar refractivity (Wildman–Crippen MR) is 62.6 cm³/mol. The third kappa shape index (κ3) is 2.62. The second-order valence-corrected chi connectivity index (χ2v) is 4.34. The number of nitrogens with two attached hydrogens (primary N) is 1. The van der Waals surface area contributed by atoms with Crippen molar-refractivity contribution in [3.63, 3.8) is 0 Å². The number of aliphatic carboxylic acids is 1. The molecule has 0 heterocycles. The second kappa shape index (κ2) is 4.18. The molecule has 1 aromatic rings. The molecule has 0 radical (unpaired) electrons. The normalized spacial score (nSPS) is 16.3. The molecular weight excluding hydrogens is 220 g/mol. The van der Waals surface area contributed by atoms with E-state index in [4.69, 9.17) is 10.8 Å². The quantitative estimate of drug-likeness (QED) is 0.716. The van der Waals surface area contributed by atoms with Gasteiger partial charge >= 0.3 is 5.97 Å². The zero-order chi connectivity index (χ0) is 12.5. The number of rotatable bonds is 4. The van der Waals surface area contributed by atoms with Gasteiger partial charge in [-0.05, 0) is 24.5 Å². The van der Waals surface area contributed by atoms with Crippen LogP contribution in [0.1, 0.15) is 18.4 Å². The number of carbonyl (C=O) groups is 2. The minimum absolute atomic E-state index is 0.117. The lowest BCUT2D eigenvalue weighted by molar-refractivity contribution is -0.136. The van der Waals surface area contributed by atoms with Crippen LogP contribution in [0, 0.1) is 0 Å². The number of nitrogens with one attached hydrogen (secondary N) is 1. The first-order chi connectivity index (χ1) is 8.01. The van der Waals surface area contributed by atoms with Crippen molar-refractivity contribution >= 4 is 17.6 Å². The second-order valence-electron chi connectivity index (χ2n) is 4.34. The number of amides is 1. The summed E-state index contributed by atoms with van der Waals surface area (Å²) >= 11 is 0. The fraction of sp³-hybridized carbons (Fsp3) is 0.333. The summed E-state index contributed by atoms with van der Waals surface area (Å²) in [6.07, 6.45) is 1.24.